The van der Waals surface area contributed by atoms with Crippen molar-refractivity contribution in [3.05, 3.63) is 23.8 Å². The van der Waals surface area contributed by atoms with Crippen LogP contribution in [0.25, 0.3) is 0 Å². The second-order valence-corrected chi connectivity index (χ2v) is 2.74. The topological polar surface area (TPSA) is 66.8 Å². The molecular weight excluding hydrogens is 184 g/mol. The summed E-state index contributed by atoms with van der Waals surface area (Å²) in [5, 5.41) is 18.2. The first-order chi connectivity index (χ1) is 6.65. The molecule has 0 aliphatic rings. The molecule has 0 aliphatic carbocycles. The Hall–Kier alpha value is -1.71. The average Bonchev–Trinajstić information content (AvgIpc) is 2.14. The Labute approximate surface area is 81.8 Å². The molecule has 0 atom stereocenters. The van der Waals surface area contributed by atoms with E-state index in [2.05, 4.69) is 6.07 Å². The van der Waals surface area contributed by atoms with Gasteiger partial charge in [0.25, 0.3) is 0 Å². The number of rotatable bonds is 3. The third kappa shape index (κ3) is 2.39. The summed E-state index contributed by atoms with van der Waals surface area (Å²) in [4.78, 5) is 11.3. The fraction of sp³-hybridized carbons (Fsp3) is 0.300. The molecule has 14 heavy (non-hydrogen) atoms. The summed E-state index contributed by atoms with van der Waals surface area (Å²) in [5.74, 6) is -1.22. The standard InChI is InChI=1S/C10H11O4/c1-2-5-14-10(13)8-4-3-7(11)6-9(8)12/h3-4,11-12H,2,5H2,1H3. The van der Waals surface area contributed by atoms with Crippen molar-refractivity contribution in [2.24, 2.45) is 0 Å². The Morgan fingerprint density at radius 3 is 2.79 bits per heavy atom. The van der Waals surface area contributed by atoms with Crippen molar-refractivity contribution in [2.75, 3.05) is 6.61 Å². The Balaban J connectivity index is 2.80. The molecule has 0 heterocycles. The van der Waals surface area contributed by atoms with E-state index in [1.807, 2.05) is 6.92 Å². The van der Waals surface area contributed by atoms with Gasteiger partial charge in [-0.2, -0.15) is 0 Å². The fourth-order valence-corrected chi connectivity index (χ4v) is 0.909. The van der Waals surface area contributed by atoms with Gasteiger partial charge in [-0.1, -0.05) is 6.92 Å². The molecule has 0 unspecified atom stereocenters. The zero-order chi connectivity index (χ0) is 10.6. The lowest BCUT2D eigenvalue weighted by molar-refractivity contribution is 0.0502. The summed E-state index contributed by atoms with van der Waals surface area (Å²) in [5.41, 5.74) is 0.0104. The molecule has 4 heteroatoms. The van der Waals surface area contributed by atoms with Gasteiger partial charge in [-0.15, -0.1) is 0 Å². The van der Waals surface area contributed by atoms with Gasteiger partial charge in [0.05, 0.1) is 12.7 Å². The second kappa shape index (κ2) is 4.50. The highest BCUT2D eigenvalue weighted by atomic mass is 16.5. The van der Waals surface area contributed by atoms with Gasteiger partial charge in [0.2, 0.25) is 0 Å². The first-order valence-corrected chi connectivity index (χ1v) is 4.26. The molecule has 1 radical (unpaired) electrons. The predicted octanol–water partition coefficient (Wildman–Crippen LogP) is 1.46. The van der Waals surface area contributed by atoms with Crippen molar-refractivity contribution >= 4 is 5.97 Å². The molecule has 1 rings (SSSR count). The molecule has 0 bridgehead atoms. The van der Waals surface area contributed by atoms with Gasteiger partial charge in [-0.3, -0.25) is 0 Å². The molecule has 0 aliphatic heterocycles. The monoisotopic (exact) mass is 195 g/mol. The van der Waals surface area contributed by atoms with E-state index in [1.165, 1.54) is 12.1 Å². The van der Waals surface area contributed by atoms with E-state index in [-0.39, 0.29) is 11.3 Å². The average molecular weight is 195 g/mol. The van der Waals surface area contributed by atoms with Crippen LogP contribution >= 0.6 is 0 Å². The van der Waals surface area contributed by atoms with Crippen molar-refractivity contribution in [3.8, 4) is 11.5 Å². The molecule has 0 aromatic heterocycles. The summed E-state index contributed by atoms with van der Waals surface area (Å²) in [6, 6.07) is 4.76. The van der Waals surface area contributed by atoms with Gasteiger partial charge >= 0.3 is 5.97 Å². The van der Waals surface area contributed by atoms with Gasteiger partial charge in [0.15, 0.2) is 0 Å². The first kappa shape index (κ1) is 10.4. The smallest absolute Gasteiger partial charge is 0.341 e. The highest BCUT2D eigenvalue weighted by Crippen LogP contribution is 2.22. The molecule has 1 aromatic rings. The van der Waals surface area contributed by atoms with Crippen LogP contribution in [0.3, 0.4) is 0 Å². The molecule has 0 saturated heterocycles. The number of carbonyl (C=O) groups is 1. The Morgan fingerprint density at radius 1 is 1.50 bits per heavy atom. The van der Waals surface area contributed by atoms with E-state index in [4.69, 9.17) is 9.84 Å². The van der Waals surface area contributed by atoms with E-state index in [0.29, 0.717) is 13.0 Å². The van der Waals surface area contributed by atoms with Crippen LogP contribution in [0.1, 0.15) is 23.7 Å². The Morgan fingerprint density at radius 2 is 2.21 bits per heavy atom. The third-order valence-electron chi connectivity index (χ3n) is 1.57. The van der Waals surface area contributed by atoms with E-state index >= 15 is 0 Å². The van der Waals surface area contributed by atoms with Crippen LogP contribution in [0.15, 0.2) is 12.1 Å². The molecule has 0 amide bonds. The number of esters is 1. The Bertz CT molecular complexity index is 333. The van der Waals surface area contributed by atoms with E-state index in [0.717, 1.165) is 0 Å². The maximum atomic E-state index is 11.3. The maximum Gasteiger partial charge on any atom is 0.341 e. The molecule has 75 valence electrons. The van der Waals surface area contributed by atoms with Gasteiger partial charge < -0.3 is 14.9 Å². The highest BCUT2D eigenvalue weighted by molar-refractivity contribution is 5.92. The van der Waals surface area contributed by atoms with Crippen molar-refractivity contribution < 1.29 is 19.7 Å². The highest BCUT2D eigenvalue weighted by Gasteiger charge is 2.12. The lowest BCUT2D eigenvalue weighted by Crippen LogP contribution is -2.05. The van der Waals surface area contributed by atoms with Crippen LogP contribution in [-0.2, 0) is 4.74 Å². The van der Waals surface area contributed by atoms with Crippen LogP contribution in [0, 0.1) is 6.07 Å². The Kier molecular flexibility index (Phi) is 3.34. The fourth-order valence-electron chi connectivity index (χ4n) is 0.909. The van der Waals surface area contributed by atoms with Gasteiger partial charge in [-0.25, -0.2) is 4.79 Å². The van der Waals surface area contributed by atoms with E-state index < -0.39 is 11.7 Å². The molecule has 0 saturated carbocycles. The normalized spacial score (nSPS) is 9.79. The van der Waals surface area contributed by atoms with Gasteiger partial charge in [0, 0.05) is 0 Å². The maximum absolute atomic E-state index is 11.3. The number of phenols is 2. The third-order valence-corrected chi connectivity index (χ3v) is 1.57. The number of ether oxygens (including phenoxy) is 1. The minimum Gasteiger partial charge on any atom is -0.507 e. The van der Waals surface area contributed by atoms with Crippen LogP contribution in [0.2, 0.25) is 0 Å². The van der Waals surface area contributed by atoms with Crippen LogP contribution in [0.4, 0.5) is 0 Å². The summed E-state index contributed by atoms with van der Waals surface area (Å²) in [7, 11) is 0. The summed E-state index contributed by atoms with van der Waals surface area (Å²) >= 11 is 0. The number of benzene rings is 1. The SMILES string of the molecule is CCCOC(=O)c1ccc(O)[c]c1O. The molecule has 0 fully saturated rings. The molecule has 0 spiro atoms. The quantitative estimate of drug-likeness (QED) is 0.716. The minimum absolute atomic E-state index is 0.0104. The lowest BCUT2D eigenvalue weighted by atomic mass is 10.2. The van der Waals surface area contributed by atoms with Crippen molar-refractivity contribution in [1.29, 1.82) is 0 Å². The van der Waals surface area contributed by atoms with Gasteiger partial charge in [0.1, 0.15) is 17.1 Å². The molecular formula is C10H11O4. The number of aromatic hydroxyl groups is 2. The van der Waals surface area contributed by atoms with Crippen LogP contribution in [0.5, 0.6) is 11.5 Å². The lowest BCUT2D eigenvalue weighted by Gasteiger charge is -2.04. The predicted molar refractivity (Wildman–Crippen MR) is 49.2 cm³/mol. The summed E-state index contributed by atoms with van der Waals surface area (Å²) in [6.07, 6.45) is 0.717. The van der Waals surface area contributed by atoms with Crippen LogP contribution < -0.4 is 0 Å². The van der Waals surface area contributed by atoms with E-state index in [1.54, 1.807) is 0 Å². The van der Waals surface area contributed by atoms with E-state index in [9.17, 15) is 9.90 Å². The molecule has 4 nitrogen and oxygen atoms in total. The second-order valence-electron chi connectivity index (χ2n) is 2.74. The summed E-state index contributed by atoms with van der Waals surface area (Å²) < 4.78 is 4.80. The van der Waals surface area contributed by atoms with Crippen LogP contribution in [-0.4, -0.2) is 22.8 Å². The molecule has 1 aromatic carbocycles. The summed E-state index contributed by atoms with van der Waals surface area (Å²) in [6.45, 7) is 2.18. The number of phenolic OH excluding ortho intramolecular Hbond substituents is 2. The van der Waals surface area contributed by atoms with Gasteiger partial charge in [-0.05, 0) is 18.6 Å². The minimum atomic E-state index is -0.611. The zero-order valence-electron chi connectivity index (χ0n) is 7.78. The largest absolute Gasteiger partial charge is 0.507 e. The number of hydrogen-bond donors (Lipinski definition) is 2. The number of hydrogen-bond acceptors (Lipinski definition) is 4. The number of carbonyl (C=O) groups excluding carboxylic acids is 1. The zero-order valence-corrected chi connectivity index (χ0v) is 7.78. The first-order valence-electron chi connectivity index (χ1n) is 4.26. The van der Waals surface area contributed by atoms with Crippen molar-refractivity contribution in [1.82, 2.24) is 0 Å². The molecule has 2 N–H and O–H groups in total. The van der Waals surface area contributed by atoms with Crippen molar-refractivity contribution in [3.63, 3.8) is 0 Å². The van der Waals surface area contributed by atoms with Crippen molar-refractivity contribution in [2.45, 2.75) is 13.3 Å².